The summed E-state index contributed by atoms with van der Waals surface area (Å²) in [6.45, 7) is 4.79. The zero-order valence-corrected chi connectivity index (χ0v) is 16.7. The summed E-state index contributed by atoms with van der Waals surface area (Å²) in [5.74, 6) is -6.02. The zero-order valence-electron chi connectivity index (χ0n) is 26.9. The Hall–Kier alpha value is -1.89. The van der Waals surface area contributed by atoms with Gasteiger partial charge in [0.1, 0.15) is 5.60 Å². The van der Waals surface area contributed by atoms with Gasteiger partial charge in [0.2, 0.25) is 0 Å². The van der Waals surface area contributed by atoms with E-state index in [9.17, 15) is 18.0 Å². The second kappa shape index (κ2) is 9.54. The largest absolute Gasteiger partial charge is 0.444 e. The minimum atomic E-state index is -4.87. The predicted molar refractivity (Wildman–Crippen MR) is 108 cm³/mol. The highest BCUT2D eigenvalue weighted by molar-refractivity contribution is 7.91. The van der Waals surface area contributed by atoms with Crippen LogP contribution in [-0.2, 0) is 14.6 Å². The van der Waals surface area contributed by atoms with Crippen LogP contribution in [0.2, 0.25) is 0 Å². The number of hydrogen-bond donors (Lipinski definition) is 1. The Balaban J connectivity index is 2.39. The number of Topliss-reactive ketones (excluding diaryl/α,β-unsaturated/α-hetero) is 1. The molecule has 1 aromatic rings. The van der Waals surface area contributed by atoms with Gasteiger partial charge in [0.15, 0.2) is 15.6 Å². The first kappa shape index (κ1) is 11.3. The normalized spacial score (nSPS) is 31.8. The Morgan fingerprint density at radius 3 is 2.57 bits per heavy atom. The lowest BCUT2D eigenvalue weighted by Gasteiger charge is -2.21. The predicted octanol–water partition coefficient (Wildman–Crippen LogP) is 4.14. The van der Waals surface area contributed by atoms with Gasteiger partial charge in [0, 0.05) is 33.6 Å². The van der Waals surface area contributed by atoms with Crippen LogP contribution in [0.4, 0.5) is 4.79 Å². The summed E-state index contributed by atoms with van der Waals surface area (Å²) in [5.41, 5.74) is -0.907. The molecule has 0 aromatic heterocycles. The summed E-state index contributed by atoms with van der Waals surface area (Å²) in [6.07, 6.45) is -20.1. The topological polar surface area (TPSA) is 89.5 Å². The van der Waals surface area contributed by atoms with Gasteiger partial charge in [-0.05, 0) is 51.5 Å². The Morgan fingerprint density at radius 1 is 1.25 bits per heavy atom. The number of benzene rings is 1. The van der Waals surface area contributed by atoms with Crippen LogP contribution < -0.4 is 5.32 Å². The standard InChI is InChI=1S/C21H31NO5S/c1-21(2,3)27-20(24)22-13-12-19(23)17-10-7-11-18(14-17)28(25,26)15-16-8-5-4-6-9-16/h7,10-11,14,16H,4-6,8-9,12-13,15H2,1-3H3,(H,22,24)/i4D2,5D2,6D2,8D2,9D2,16D. The first-order valence-electron chi connectivity index (χ1n) is 14.0. The number of hydrogen-bond acceptors (Lipinski definition) is 5. The highest BCUT2D eigenvalue weighted by Gasteiger charge is 2.24. The molecular weight excluding hydrogens is 378 g/mol. The fraction of sp³-hybridized carbons (Fsp3) is 0.619. The van der Waals surface area contributed by atoms with Crippen molar-refractivity contribution in [2.45, 2.75) is 69.6 Å². The van der Waals surface area contributed by atoms with Crippen LogP contribution in [0.5, 0.6) is 0 Å². The van der Waals surface area contributed by atoms with Crippen molar-refractivity contribution in [3.8, 4) is 0 Å². The maximum Gasteiger partial charge on any atom is 0.407 e. The first-order chi connectivity index (χ1) is 17.2. The Morgan fingerprint density at radius 2 is 1.93 bits per heavy atom. The summed E-state index contributed by atoms with van der Waals surface area (Å²) < 4.78 is 121. The molecule has 28 heavy (non-hydrogen) atoms. The third-order valence-corrected chi connectivity index (χ3v) is 5.06. The summed E-state index contributed by atoms with van der Waals surface area (Å²) in [5, 5.41) is 2.37. The minimum Gasteiger partial charge on any atom is -0.444 e. The molecule has 6 nitrogen and oxygen atoms in total. The Labute approximate surface area is 183 Å². The maximum atomic E-state index is 13.3. The molecule has 1 aliphatic carbocycles. The molecule has 1 aromatic carbocycles. The fourth-order valence-electron chi connectivity index (χ4n) is 2.22. The monoisotopic (exact) mass is 420 g/mol. The van der Waals surface area contributed by atoms with Gasteiger partial charge in [-0.15, -0.1) is 0 Å². The number of carbonyl (C=O) groups excluding carboxylic acids is 2. The van der Waals surface area contributed by atoms with Crippen LogP contribution in [0.1, 0.15) is 84.5 Å². The van der Waals surface area contributed by atoms with E-state index in [-0.39, 0.29) is 18.5 Å². The minimum absolute atomic E-state index is 0.141. The summed E-state index contributed by atoms with van der Waals surface area (Å²) >= 11 is 0. The third kappa shape index (κ3) is 7.26. The summed E-state index contributed by atoms with van der Waals surface area (Å²) in [6, 6.07) is 4.31. The van der Waals surface area contributed by atoms with E-state index in [4.69, 9.17) is 19.8 Å². The highest BCUT2D eigenvalue weighted by Crippen LogP contribution is 2.27. The summed E-state index contributed by atoms with van der Waals surface area (Å²) in [4.78, 5) is 23.7. The second-order valence-corrected chi connectivity index (χ2v) is 8.98. The molecule has 1 saturated carbocycles. The molecule has 1 amide bonds. The van der Waals surface area contributed by atoms with Crippen molar-refractivity contribution in [2.75, 3.05) is 12.3 Å². The average molecular weight is 421 g/mol. The van der Waals surface area contributed by atoms with Gasteiger partial charge in [-0.3, -0.25) is 4.79 Å². The van der Waals surface area contributed by atoms with E-state index in [0.717, 1.165) is 12.1 Å². The molecule has 1 fully saturated rings. The van der Waals surface area contributed by atoms with Crippen molar-refractivity contribution < 1.29 is 37.8 Å². The maximum absolute atomic E-state index is 13.3. The number of rotatable bonds is 7. The van der Waals surface area contributed by atoms with Crippen molar-refractivity contribution in [2.24, 2.45) is 5.89 Å². The zero-order chi connectivity index (χ0) is 30.7. The molecule has 1 N–H and O–H groups in total. The van der Waals surface area contributed by atoms with Gasteiger partial charge in [0.25, 0.3) is 0 Å². The van der Waals surface area contributed by atoms with Crippen molar-refractivity contribution >= 4 is 21.7 Å². The number of carbonyl (C=O) groups is 2. The van der Waals surface area contributed by atoms with Gasteiger partial charge in [-0.25, -0.2) is 13.2 Å². The Bertz CT molecular complexity index is 1210. The van der Waals surface area contributed by atoms with Crippen LogP contribution in [0.3, 0.4) is 0 Å². The number of ether oxygens (including phenoxy) is 1. The smallest absolute Gasteiger partial charge is 0.407 e. The SMILES string of the molecule is [2H]C1([2H])C([2H])([2H])C([2H])([2H])C([2H])(CS(=O)(=O)c2cccc(C(=O)CCNC(=O)OC(C)(C)C)c2)C([2H])([2H])C1([2H])[2H]. The number of sulfone groups is 1. The van der Waals surface area contributed by atoms with Crippen LogP contribution in [0, 0.1) is 5.89 Å². The van der Waals surface area contributed by atoms with Crippen LogP contribution in [-0.4, -0.2) is 38.2 Å². The third-order valence-electron chi connectivity index (χ3n) is 3.42. The second-order valence-electron chi connectivity index (χ2n) is 6.99. The van der Waals surface area contributed by atoms with Gasteiger partial charge in [0.05, 0.1) is 10.6 Å². The van der Waals surface area contributed by atoms with Crippen LogP contribution in [0.15, 0.2) is 29.2 Å². The van der Waals surface area contributed by atoms with Crippen LogP contribution in [0.25, 0.3) is 0 Å². The molecule has 2 rings (SSSR count). The average Bonchev–Trinajstić information content (AvgIpc) is 2.76. The van der Waals surface area contributed by atoms with E-state index in [0.29, 0.717) is 0 Å². The number of nitrogens with one attached hydrogen (secondary N) is 1. The van der Waals surface area contributed by atoms with E-state index >= 15 is 0 Å². The van der Waals surface area contributed by atoms with Crippen molar-refractivity contribution in [3.63, 3.8) is 0 Å². The van der Waals surface area contributed by atoms with Crippen molar-refractivity contribution in [1.29, 1.82) is 0 Å². The highest BCUT2D eigenvalue weighted by atomic mass is 32.2. The van der Waals surface area contributed by atoms with E-state index in [2.05, 4.69) is 5.32 Å². The number of alkyl carbamates (subject to hydrolysis) is 1. The Kier molecular flexibility index (Phi) is 3.86. The molecule has 0 unspecified atom stereocenters. The fourth-order valence-corrected chi connectivity index (χ4v) is 3.50. The molecule has 1 aliphatic rings. The molecular formula is C21H31NO5S. The van der Waals surface area contributed by atoms with E-state index in [1.807, 2.05) is 0 Å². The lowest BCUT2D eigenvalue weighted by Crippen LogP contribution is -2.33. The number of amides is 1. The molecule has 0 radical (unpaired) electrons. The summed E-state index contributed by atoms with van der Waals surface area (Å²) in [7, 11) is -4.87. The van der Waals surface area contributed by atoms with Gasteiger partial charge in [-0.1, -0.05) is 31.3 Å². The van der Waals surface area contributed by atoms with Gasteiger partial charge in [-0.2, -0.15) is 0 Å². The molecule has 7 heteroatoms. The molecule has 156 valence electrons. The molecule has 0 spiro atoms. The molecule has 0 aliphatic heterocycles. The molecule has 0 bridgehead atoms. The van der Waals surface area contributed by atoms with Gasteiger partial charge >= 0.3 is 6.09 Å². The van der Waals surface area contributed by atoms with E-state index in [1.165, 1.54) is 12.1 Å². The molecule has 0 atom stereocenters. The van der Waals surface area contributed by atoms with Crippen molar-refractivity contribution in [3.05, 3.63) is 29.8 Å². The van der Waals surface area contributed by atoms with Crippen molar-refractivity contribution in [1.82, 2.24) is 5.32 Å². The van der Waals surface area contributed by atoms with E-state index < -0.39 is 75.7 Å². The first-order valence-corrected chi connectivity index (χ1v) is 10.2. The van der Waals surface area contributed by atoms with E-state index in [1.54, 1.807) is 20.8 Å². The quantitative estimate of drug-likeness (QED) is 0.670. The lowest BCUT2D eigenvalue weighted by atomic mass is 9.91. The number of ketones is 1. The lowest BCUT2D eigenvalue weighted by molar-refractivity contribution is 0.0527. The molecule has 0 saturated heterocycles. The van der Waals surface area contributed by atoms with Gasteiger partial charge < -0.3 is 10.1 Å². The van der Waals surface area contributed by atoms with Crippen LogP contribution >= 0.6 is 0 Å². The molecule has 0 heterocycles.